The Morgan fingerprint density at radius 1 is 1.17 bits per heavy atom. The van der Waals surface area contributed by atoms with Crippen LogP contribution < -0.4 is 0 Å². The topological polar surface area (TPSA) is 98.1 Å². The average Bonchev–Trinajstić information content (AvgIpc) is 3.02. The lowest BCUT2D eigenvalue weighted by Crippen LogP contribution is -2.05. The molecule has 2 heterocycles. The molecule has 0 bridgehead atoms. The van der Waals surface area contributed by atoms with Crippen LogP contribution in [-0.4, -0.2) is 40.8 Å². The van der Waals surface area contributed by atoms with Crippen molar-refractivity contribution in [2.75, 3.05) is 0 Å². The molecule has 0 fully saturated rings. The van der Waals surface area contributed by atoms with Crippen molar-refractivity contribution in [3.05, 3.63) is 35.9 Å². The summed E-state index contributed by atoms with van der Waals surface area (Å²) in [5, 5.41) is 25.2. The Kier molecular flexibility index (Phi) is 2.48. The number of aromatic nitrogens is 8. The van der Waals surface area contributed by atoms with Gasteiger partial charge in [0.1, 0.15) is 12.4 Å². The highest BCUT2D eigenvalue weighted by molar-refractivity contribution is 5.53. The molecule has 0 saturated heterocycles. The number of halogens is 1. The Hall–Kier alpha value is -2.71. The first kappa shape index (κ1) is 10.4. The SMILES string of the molecule is Fc1ccc(-c2nnn(Cc3nn[nH]n3)n2)cc1. The summed E-state index contributed by atoms with van der Waals surface area (Å²) in [6.07, 6.45) is 0. The van der Waals surface area contributed by atoms with Crippen molar-refractivity contribution in [1.29, 1.82) is 0 Å². The maximum Gasteiger partial charge on any atom is 0.204 e. The number of nitrogens with one attached hydrogen (secondary N) is 1. The summed E-state index contributed by atoms with van der Waals surface area (Å²) in [5.41, 5.74) is 0.691. The minimum absolute atomic E-state index is 0.269. The highest BCUT2D eigenvalue weighted by Gasteiger charge is 2.07. The van der Waals surface area contributed by atoms with Gasteiger partial charge in [-0.2, -0.15) is 10.0 Å². The third-order valence-electron chi connectivity index (χ3n) is 2.23. The molecule has 2 aromatic heterocycles. The highest BCUT2D eigenvalue weighted by atomic mass is 19.1. The van der Waals surface area contributed by atoms with E-state index in [1.165, 1.54) is 16.9 Å². The quantitative estimate of drug-likeness (QED) is 0.700. The van der Waals surface area contributed by atoms with Crippen LogP contribution in [0, 0.1) is 5.82 Å². The lowest BCUT2D eigenvalue weighted by molar-refractivity contribution is 0.555. The van der Waals surface area contributed by atoms with Crippen molar-refractivity contribution in [2.24, 2.45) is 0 Å². The molecule has 8 nitrogen and oxygen atoms in total. The molecule has 1 aromatic carbocycles. The number of hydrogen-bond donors (Lipinski definition) is 1. The third kappa shape index (κ3) is 2.05. The van der Waals surface area contributed by atoms with Gasteiger partial charge >= 0.3 is 0 Å². The van der Waals surface area contributed by atoms with Gasteiger partial charge in [-0.15, -0.1) is 20.4 Å². The highest BCUT2D eigenvalue weighted by Crippen LogP contribution is 2.13. The Morgan fingerprint density at radius 3 is 2.72 bits per heavy atom. The Morgan fingerprint density at radius 2 is 2.00 bits per heavy atom. The van der Waals surface area contributed by atoms with Gasteiger partial charge in [-0.3, -0.25) is 0 Å². The lowest BCUT2D eigenvalue weighted by Gasteiger charge is -1.93. The van der Waals surface area contributed by atoms with Crippen molar-refractivity contribution in [2.45, 2.75) is 6.54 Å². The van der Waals surface area contributed by atoms with E-state index in [4.69, 9.17) is 0 Å². The van der Waals surface area contributed by atoms with Crippen molar-refractivity contribution in [3.63, 3.8) is 0 Å². The molecule has 0 aliphatic heterocycles. The van der Waals surface area contributed by atoms with Gasteiger partial charge < -0.3 is 0 Å². The van der Waals surface area contributed by atoms with Crippen LogP contribution in [0.3, 0.4) is 0 Å². The zero-order valence-corrected chi connectivity index (χ0v) is 9.02. The van der Waals surface area contributed by atoms with Gasteiger partial charge in [0.05, 0.1) is 0 Å². The molecule has 0 radical (unpaired) electrons. The second-order valence-electron chi connectivity index (χ2n) is 3.48. The molecular weight excluding hydrogens is 239 g/mol. The van der Waals surface area contributed by atoms with Crippen LogP contribution in [-0.2, 0) is 6.54 Å². The van der Waals surface area contributed by atoms with Crippen molar-refractivity contribution in [3.8, 4) is 11.4 Å². The van der Waals surface area contributed by atoms with Crippen LogP contribution in [0.1, 0.15) is 5.82 Å². The van der Waals surface area contributed by atoms with E-state index in [0.29, 0.717) is 17.2 Å². The summed E-state index contributed by atoms with van der Waals surface area (Å²) in [7, 11) is 0. The molecule has 0 aliphatic carbocycles. The van der Waals surface area contributed by atoms with Gasteiger partial charge in [-0.25, -0.2) is 4.39 Å². The first-order valence-corrected chi connectivity index (χ1v) is 5.07. The van der Waals surface area contributed by atoms with Crippen LogP contribution in [0.2, 0.25) is 0 Å². The van der Waals surface area contributed by atoms with Gasteiger partial charge in [0.15, 0.2) is 5.82 Å². The van der Waals surface area contributed by atoms with Crippen molar-refractivity contribution < 1.29 is 4.39 Å². The van der Waals surface area contributed by atoms with Gasteiger partial charge in [0.2, 0.25) is 5.82 Å². The molecule has 0 amide bonds. The summed E-state index contributed by atoms with van der Waals surface area (Å²) in [5.74, 6) is 0.564. The van der Waals surface area contributed by atoms with E-state index in [2.05, 4.69) is 36.0 Å². The standard InChI is InChI=1S/C9H7FN8/c10-7-3-1-6(2-4-7)9-13-17-18(14-9)5-8-11-15-16-12-8/h1-4H,5H2,(H,11,12,15,16). The van der Waals surface area contributed by atoms with Gasteiger partial charge in [-0.05, 0) is 29.5 Å². The molecule has 1 N–H and O–H groups in total. The molecule has 0 saturated carbocycles. The largest absolute Gasteiger partial charge is 0.207 e. The number of nitrogens with zero attached hydrogens (tertiary/aromatic N) is 7. The second-order valence-corrected chi connectivity index (χ2v) is 3.48. The van der Waals surface area contributed by atoms with Crippen molar-refractivity contribution in [1.82, 2.24) is 40.8 Å². The first-order valence-electron chi connectivity index (χ1n) is 5.07. The number of H-pyrrole nitrogens is 1. The van der Waals surface area contributed by atoms with E-state index in [-0.39, 0.29) is 12.4 Å². The van der Waals surface area contributed by atoms with Gasteiger partial charge in [-0.1, -0.05) is 5.21 Å². The normalized spacial score (nSPS) is 10.7. The predicted molar refractivity (Wildman–Crippen MR) is 56.5 cm³/mol. The van der Waals surface area contributed by atoms with Gasteiger partial charge in [0.25, 0.3) is 0 Å². The molecule has 0 spiro atoms. The van der Waals surface area contributed by atoms with E-state index in [1.807, 2.05) is 0 Å². The van der Waals surface area contributed by atoms with Crippen LogP contribution in [0.25, 0.3) is 11.4 Å². The van der Waals surface area contributed by atoms with E-state index < -0.39 is 0 Å². The second kappa shape index (κ2) is 4.28. The van der Waals surface area contributed by atoms with Crippen LogP contribution in [0.15, 0.2) is 24.3 Å². The maximum atomic E-state index is 12.8. The fourth-order valence-electron chi connectivity index (χ4n) is 1.40. The molecule has 3 aromatic rings. The minimum atomic E-state index is -0.307. The summed E-state index contributed by atoms with van der Waals surface area (Å²) < 4.78 is 12.8. The number of aromatic amines is 1. The Labute approximate surface area is 99.8 Å². The third-order valence-corrected chi connectivity index (χ3v) is 2.23. The lowest BCUT2D eigenvalue weighted by atomic mass is 10.2. The van der Waals surface area contributed by atoms with E-state index in [9.17, 15) is 4.39 Å². The summed E-state index contributed by atoms with van der Waals surface area (Å²) in [6, 6.07) is 5.86. The zero-order valence-electron chi connectivity index (χ0n) is 9.02. The Bertz CT molecular complexity index is 629. The number of rotatable bonds is 3. The number of benzene rings is 1. The molecule has 3 rings (SSSR count). The molecule has 0 atom stereocenters. The van der Waals surface area contributed by atoms with E-state index >= 15 is 0 Å². The monoisotopic (exact) mass is 246 g/mol. The van der Waals surface area contributed by atoms with Crippen LogP contribution in [0.4, 0.5) is 4.39 Å². The number of tetrazole rings is 2. The molecular formula is C9H7FN8. The Balaban J connectivity index is 1.83. The maximum absolute atomic E-state index is 12.8. The fourth-order valence-corrected chi connectivity index (χ4v) is 1.40. The van der Waals surface area contributed by atoms with Crippen molar-refractivity contribution >= 4 is 0 Å². The predicted octanol–water partition coefficient (Wildman–Crippen LogP) is 0.0406. The average molecular weight is 246 g/mol. The smallest absolute Gasteiger partial charge is 0.204 e. The molecule has 0 aliphatic rings. The minimum Gasteiger partial charge on any atom is -0.207 e. The molecule has 18 heavy (non-hydrogen) atoms. The first-order chi connectivity index (χ1) is 8.81. The van der Waals surface area contributed by atoms with Gasteiger partial charge in [0, 0.05) is 5.56 Å². The molecule has 90 valence electrons. The van der Waals surface area contributed by atoms with E-state index in [1.54, 1.807) is 12.1 Å². The molecule has 0 unspecified atom stereocenters. The summed E-state index contributed by atoms with van der Waals surface area (Å²) in [4.78, 5) is 1.34. The number of hydrogen-bond acceptors (Lipinski definition) is 6. The van der Waals surface area contributed by atoms with Crippen LogP contribution >= 0.6 is 0 Å². The fraction of sp³-hybridized carbons (Fsp3) is 0.111. The summed E-state index contributed by atoms with van der Waals surface area (Å²) >= 11 is 0. The summed E-state index contributed by atoms with van der Waals surface area (Å²) in [6.45, 7) is 0.269. The zero-order chi connectivity index (χ0) is 12.4. The molecule has 9 heteroatoms. The van der Waals surface area contributed by atoms with E-state index in [0.717, 1.165) is 0 Å². The van der Waals surface area contributed by atoms with Crippen LogP contribution in [0.5, 0.6) is 0 Å².